The summed E-state index contributed by atoms with van der Waals surface area (Å²) in [5.74, 6) is 1.51. The molecule has 0 atom stereocenters. The SMILES string of the molecule is Cc1ccccc1-c1nc(C2CCCCC2)ncc1NCCN. The standard InChI is InChI=1S/C19H26N4/c1-14-7-5-6-10-16(14)18-17(21-12-11-20)13-22-19(23-18)15-8-3-2-4-9-15/h5-7,10,13,15,21H,2-4,8-9,11-12,20H2,1H3. The lowest BCUT2D eigenvalue weighted by molar-refractivity contribution is 0.429. The largest absolute Gasteiger partial charge is 0.381 e. The van der Waals surface area contributed by atoms with Gasteiger partial charge in [-0.05, 0) is 25.3 Å². The average Bonchev–Trinajstić information content (AvgIpc) is 2.61. The Bertz CT molecular complexity index is 648. The van der Waals surface area contributed by atoms with Gasteiger partial charge in [0, 0.05) is 24.6 Å². The maximum atomic E-state index is 5.64. The van der Waals surface area contributed by atoms with E-state index in [0.717, 1.165) is 23.8 Å². The van der Waals surface area contributed by atoms with E-state index in [1.807, 2.05) is 6.20 Å². The van der Waals surface area contributed by atoms with Crippen LogP contribution in [0.25, 0.3) is 11.3 Å². The Morgan fingerprint density at radius 2 is 1.96 bits per heavy atom. The molecule has 1 fully saturated rings. The predicted molar refractivity (Wildman–Crippen MR) is 95.6 cm³/mol. The van der Waals surface area contributed by atoms with Crippen molar-refractivity contribution in [3.05, 3.63) is 41.9 Å². The van der Waals surface area contributed by atoms with Crippen molar-refractivity contribution in [1.29, 1.82) is 0 Å². The normalized spacial score (nSPS) is 15.6. The molecule has 0 saturated heterocycles. The smallest absolute Gasteiger partial charge is 0.132 e. The Balaban J connectivity index is 1.99. The van der Waals surface area contributed by atoms with Crippen molar-refractivity contribution < 1.29 is 0 Å². The number of benzene rings is 1. The zero-order valence-electron chi connectivity index (χ0n) is 13.9. The van der Waals surface area contributed by atoms with Crippen molar-refractivity contribution in [2.75, 3.05) is 18.4 Å². The van der Waals surface area contributed by atoms with Gasteiger partial charge in [0.15, 0.2) is 0 Å². The zero-order valence-corrected chi connectivity index (χ0v) is 13.9. The van der Waals surface area contributed by atoms with Crippen LogP contribution in [0.5, 0.6) is 0 Å². The fraction of sp³-hybridized carbons (Fsp3) is 0.474. The number of aromatic nitrogens is 2. The third-order valence-electron chi connectivity index (χ3n) is 4.64. The summed E-state index contributed by atoms with van der Waals surface area (Å²) in [6.45, 7) is 3.45. The minimum Gasteiger partial charge on any atom is -0.381 e. The van der Waals surface area contributed by atoms with Gasteiger partial charge in [0.1, 0.15) is 5.82 Å². The van der Waals surface area contributed by atoms with Crippen molar-refractivity contribution in [3.63, 3.8) is 0 Å². The molecule has 0 bridgehead atoms. The molecule has 1 heterocycles. The second kappa shape index (κ2) is 7.55. The Morgan fingerprint density at radius 1 is 1.17 bits per heavy atom. The molecule has 2 aromatic rings. The summed E-state index contributed by atoms with van der Waals surface area (Å²) in [4.78, 5) is 9.62. The second-order valence-corrected chi connectivity index (χ2v) is 6.36. The Hall–Kier alpha value is -1.94. The third kappa shape index (κ3) is 3.70. The number of nitrogens with one attached hydrogen (secondary N) is 1. The summed E-state index contributed by atoms with van der Waals surface area (Å²) in [5.41, 5.74) is 10.0. The molecular formula is C19H26N4. The van der Waals surface area contributed by atoms with Gasteiger partial charge < -0.3 is 11.1 Å². The highest BCUT2D eigenvalue weighted by molar-refractivity contribution is 5.75. The number of nitrogens with zero attached hydrogens (tertiary/aromatic N) is 2. The van der Waals surface area contributed by atoms with Gasteiger partial charge in [-0.25, -0.2) is 9.97 Å². The fourth-order valence-electron chi connectivity index (χ4n) is 3.33. The Labute approximate surface area is 138 Å². The zero-order chi connectivity index (χ0) is 16.1. The number of hydrogen-bond donors (Lipinski definition) is 2. The van der Waals surface area contributed by atoms with Crippen LogP contribution in [0.3, 0.4) is 0 Å². The molecule has 1 aliphatic carbocycles. The van der Waals surface area contributed by atoms with Gasteiger partial charge in [0.2, 0.25) is 0 Å². The van der Waals surface area contributed by atoms with Gasteiger partial charge in [0.05, 0.1) is 17.6 Å². The molecule has 1 saturated carbocycles. The van der Waals surface area contributed by atoms with Gasteiger partial charge >= 0.3 is 0 Å². The first-order valence-electron chi connectivity index (χ1n) is 8.66. The first-order chi connectivity index (χ1) is 11.3. The molecule has 0 radical (unpaired) electrons. The highest BCUT2D eigenvalue weighted by Gasteiger charge is 2.20. The summed E-state index contributed by atoms with van der Waals surface area (Å²) >= 11 is 0. The summed E-state index contributed by atoms with van der Waals surface area (Å²) in [5, 5.41) is 3.37. The van der Waals surface area contributed by atoms with E-state index < -0.39 is 0 Å². The van der Waals surface area contributed by atoms with E-state index in [1.165, 1.54) is 43.2 Å². The summed E-state index contributed by atoms with van der Waals surface area (Å²) < 4.78 is 0. The molecule has 3 N–H and O–H groups in total. The minimum absolute atomic E-state index is 0.509. The van der Waals surface area contributed by atoms with Crippen molar-refractivity contribution in [2.45, 2.75) is 44.9 Å². The van der Waals surface area contributed by atoms with Crippen molar-refractivity contribution in [2.24, 2.45) is 5.73 Å². The van der Waals surface area contributed by atoms with Crippen LogP contribution in [-0.2, 0) is 0 Å². The lowest BCUT2D eigenvalue weighted by atomic mass is 9.88. The van der Waals surface area contributed by atoms with E-state index in [2.05, 4.69) is 41.5 Å². The van der Waals surface area contributed by atoms with E-state index in [0.29, 0.717) is 12.5 Å². The summed E-state index contributed by atoms with van der Waals surface area (Å²) in [6, 6.07) is 8.40. The number of nitrogens with two attached hydrogens (primary N) is 1. The van der Waals surface area contributed by atoms with E-state index in [4.69, 9.17) is 10.7 Å². The molecule has 0 amide bonds. The average molecular weight is 310 g/mol. The van der Waals surface area contributed by atoms with Crippen molar-refractivity contribution in [3.8, 4) is 11.3 Å². The fourth-order valence-corrected chi connectivity index (χ4v) is 3.33. The maximum absolute atomic E-state index is 5.64. The van der Waals surface area contributed by atoms with E-state index >= 15 is 0 Å². The summed E-state index contributed by atoms with van der Waals surface area (Å²) in [6.07, 6.45) is 8.29. The highest BCUT2D eigenvalue weighted by Crippen LogP contribution is 2.34. The van der Waals surface area contributed by atoms with Gasteiger partial charge in [0.25, 0.3) is 0 Å². The number of hydrogen-bond acceptors (Lipinski definition) is 4. The van der Waals surface area contributed by atoms with Gasteiger partial charge in [-0.2, -0.15) is 0 Å². The van der Waals surface area contributed by atoms with Crippen LogP contribution in [-0.4, -0.2) is 23.1 Å². The van der Waals surface area contributed by atoms with Crippen LogP contribution in [0, 0.1) is 6.92 Å². The number of aryl methyl sites for hydroxylation is 1. The van der Waals surface area contributed by atoms with E-state index in [1.54, 1.807) is 0 Å². The topological polar surface area (TPSA) is 63.8 Å². The quantitative estimate of drug-likeness (QED) is 0.880. The molecule has 23 heavy (non-hydrogen) atoms. The van der Waals surface area contributed by atoms with Crippen molar-refractivity contribution >= 4 is 5.69 Å². The highest BCUT2D eigenvalue weighted by atomic mass is 15.0. The monoisotopic (exact) mass is 310 g/mol. The molecule has 122 valence electrons. The van der Waals surface area contributed by atoms with E-state index in [-0.39, 0.29) is 0 Å². The van der Waals surface area contributed by atoms with Crippen LogP contribution in [0.4, 0.5) is 5.69 Å². The molecule has 1 aromatic carbocycles. The first-order valence-corrected chi connectivity index (χ1v) is 8.66. The minimum atomic E-state index is 0.509. The van der Waals surface area contributed by atoms with Crippen LogP contribution in [0.15, 0.2) is 30.5 Å². The van der Waals surface area contributed by atoms with E-state index in [9.17, 15) is 0 Å². The van der Waals surface area contributed by atoms with Crippen LogP contribution in [0.2, 0.25) is 0 Å². The van der Waals surface area contributed by atoms with Crippen molar-refractivity contribution in [1.82, 2.24) is 9.97 Å². The lowest BCUT2D eigenvalue weighted by Gasteiger charge is -2.22. The molecule has 4 nitrogen and oxygen atoms in total. The molecule has 3 rings (SSSR count). The Kier molecular flexibility index (Phi) is 5.23. The molecule has 0 unspecified atom stereocenters. The maximum Gasteiger partial charge on any atom is 0.132 e. The van der Waals surface area contributed by atoms with Crippen LogP contribution >= 0.6 is 0 Å². The number of anilines is 1. The summed E-state index contributed by atoms with van der Waals surface area (Å²) in [7, 11) is 0. The lowest BCUT2D eigenvalue weighted by Crippen LogP contribution is -2.16. The molecular weight excluding hydrogens is 284 g/mol. The molecule has 0 spiro atoms. The predicted octanol–water partition coefficient (Wildman–Crippen LogP) is 3.87. The molecule has 1 aliphatic rings. The van der Waals surface area contributed by atoms with Gasteiger partial charge in [-0.15, -0.1) is 0 Å². The van der Waals surface area contributed by atoms with Gasteiger partial charge in [-0.3, -0.25) is 0 Å². The van der Waals surface area contributed by atoms with Gasteiger partial charge in [-0.1, -0.05) is 43.5 Å². The number of rotatable bonds is 5. The molecule has 1 aromatic heterocycles. The first kappa shape index (κ1) is 15.9. The molecule has 0 aliphatic heterocycles. The van der Waals surface area contributed by atoms with Crippen LogP contribution < -0.4 is 11.1 Å². The third-order valence-corrected chi connectivity index (χ3v) is 4.64. The molecule has 4 heteroatoms. The van der Waals surface area contributed by atoms with Crippen LogP contribution in [0.1, 0.15) is 49.4 Å². The Morgan fingerprint density at radius 3 is 2.70 bits per heavy atom. The second-order valence-electron chi connectivity index (χ2n) is 6.36.